The van der Waals surface area contributed by atoms with Gasteiger partial charge in [0.05, 0.1) is 19.8 Å². The van der Waals surface area contributed by atoms with E-state index in [2.05, 4.69) is 15.6 Å². The van der Waals surface area contributed by atoms with Crippen molar-refractivity contribution in [3.63, 3.8) is 0 Å². The SMILES string of the molecule is COc1cccc(OC)c1C(=O)Nc1ccc(N(C)C)c(C(=O)NCc2cccnc2)c1. The van der Waals surface area contributed by atoms with Gasteiger partial charge in [0, 0.05) is 44.4 Å². The zero-order valence-corrected chi connectivity index (χ0v) is 18.5. The minimum atomic E-state index is -0.404. The highest BCUT2D eigenvalue weighted by Gasteiger charge is 2.20. The molecule has 166 valence electrons. The number of carbonyl (C=O) groups excluding carboxylic acids is 2. The van der Waals surface area contributed by atoms with E-state index in [-0.39, 0.29) is 11.5 Å². The number of rotatable bonds is 8. The van der Waals surface area contributed by atoms with Crippen LogP contribution < -0.4 is 25.0 Å². The minimum Gasteiger partial charge on any atom is -0.496 e. The zero-order valence-electron chi connectivity index (χ0n) is 18.5. The predicted molar refractivity (Wildman–Crippen MR) is 124 cm³/mol. The number of nitrogens with one attached hydrogen (secondary N) is 2. The Balaban J connectivity index is 1.86. The third-order valence-electron chi connectivity index (χ3n) is 4.81. The Morgan fingerprint density at radius 1 is 0.969 bits per heavy atom. The van der Waals surface area contributed by atoms with E-state index in [0.29, 0.717) is 29.3 Å². The van der Waals surface area contributed by atoms with E-state index in [1.165, 1.54) is 14.2 Å². The Bertz CT molecular complexity index is 1080. The normalized spacial score (nSPS) is 10.2. The lowest BCUT2D eigenvalue weighted by Gasteiger charge is -2.19. The van der Waals surface area contributed by atoms with Crippen molar-refractivity contribution in [1.82, 2.24) is 10.3 Å². The molecule has 8 heteroatoms. The maximum atomic E-state index is 13.0. The molecule has 2 amide bonds. The van der Waals surface area contributed by atoms with E-state index in [9.17, 15) is 9.59 Å². The number of ether oxygens (including phenoxy) is 2. The summed E-state index contributed by atoms with van der Waals surface area (Å²) in [6.07, 6.45) is 3.38. The molecule has 1 heterocycles. The summed E-state index contributed by atoms with van der Waals surface area (Å²) >= 11 is 0. The van der Waals surface area contributed by atoms with Crippen LogP contribution in [-0.4, -0.2) is 45.1 Å². The van der Waals surface area contributed by atoms with Crippen LogP contribution in [0.15, 0.2) is 60.9 Å². The van der Waals surface area contributed by atoms with Crippen LogP contribution in [0, 0.1) is 0 Å². The van der Waals surface area contributed by atoms with Crippen LogP contribution in [0.4, 0.5) is 11.4 Å². The lowest BCUT2D eigenvalue weighted by Crippen LogP contribution is -2.26. The summed E-state index contributed by atoms with van der Waals surface area (Å²) in [5.41, 5.74) is 2.79. The zero-order chi connectivity index (χ0) is 23.1. The molecule has 3 aromatic rings. The van der Waals surface area contributed by atoms with Crippen LogP contribution >= 0.6 is 0 Å². The number of benzene rings is 2. The van der Waals surface area contributed by atoms with Gasteiger partial charge in [-0.3, -0.25) is 14.6 Å². The Morgan fingerprint density at radius 3 is 2.28 bits per heavy atom. The number of hydrogen-bond donors (Lipinski definition) is 2. The quantitative estimate of drug-likeness (QED) is 0.565. The van der Waals surface area contributed by atoms with Crippen molar-refractivity contribution in [2.45, 2.75) is 6.54 Å². The predicted octanol–water partition coefficient (Wildman–Crippen LogP) is 3.35. The van der Waals surface area contributed by atoms with E-state index < -0.39 is 5.91 Å². The summed E-state index contributed by atoms with van der Waals surface area (Å²) in [6, 6.07) is 14.0. The monoisotopic (exact) mass is 434 g/mol. The average molecular weight is 434 g/mol. The summed E-state index contributed by atoms with van der Waals surface area (Å²) in [4.78, 5) is 31.8. The first-order valence-electron chi connectivity index (χ1n) is 9.95. The number of hydrogen-bond acceptors (Lipinski definition) is 6. The van der Waals surface area contributed by atoms with Gasteiger partial charge in [-0.2, -0.15) is 0 Å². The standard InChI is InChI=1S/C24H26N4O4/c1-28(2)19-11-10-17(13-18(19)23(29)26-15-16-7-6-12-25-14-16)27-24(30)22-20(31-3)8-5-9-21(22)32-4/h5-14H,15H2,1-4H3,(H,26,29)(H,27,30). The van der Waals surface area contributed by atoms with Crippen LogP contribution in [-0.2, 0) is 6.54 Å². The van der Waals surface area contributed by atoms with Crippen molar-refractivity contribution in [3.05, 3.63) is 77.6 Å². The highest BCUT2D eigenvalue weighted by Crippen LogP contribution is 2.30. The second-order valence-electron chi connectivity index (χ2n) is 7.16. The number of carbonyl (C=O) groups is 2. The fraction of sp³-hybridized carbons (Fsp3) is 0.208. The van der Waals surface area contributed by atoms with Gasteiger partial charge < -0.3 is 25.0 Å². The maximum absolute atomic E-state index is 13.0. The molecular formula is C24H26N4O4. The molecular weight excluding hydrogens is 408 g/mol. The number of anilines is 2. The van der Waals surface area contributed by atoms with E-state index in [1.807, 2.05) is 31.1 Å². The number of amides is 2. The van der Waals surface area contributed by atoms with Gasteiger partial charge in [0.15, 0.2) is 0 Å². The van der Waals surface area contributed by atoms with Gasteiger partial charge in [-0.15, -0.1) is 0 Å². The van der Waals surface area contributed by atoms with Crippen molar-refractivity contribution in [1.29, 1.82) is 0 Å². The van der Waals surface area contributed by atoms with E-state index in [1.54, 1.807) is 48.8 Å². The Hall–Kier alpha value is -4.07. The van der Waals surface area contributed by atoms with Crippen molar-refractivity contribution >= 4 is 23.2 Å². The van der Waals surface area contributed by atoms with Crippen molar-refractivity contribution in [2.24, 2.45) is 0 Å². The van der Waals surface area contributed by atoms with E-state index >= 15 is 0 Å². The number of aromatic nitrogens is 1. The number of nitrogens with zero attached hydrogens (tertiary/aromatic N) is 2. The third kappa shape index (κ3) is 5.15. The molecule has 32 heavy (non-hydrogen) atoms. The molecule has 8 nitrogen and oxygen atoms in total. The molecule has 1 aromatic heterocycles. The summed E-state index contributed by atoms with van der Waals surface area (Å²) < 4.78 is 10.6. The van der Waals surface area contributed by atoms with E-state index in [4.69, 9.17) is 9.47 Å². The summed E-state index contributed by atoms with van der Waals surface area (Å²) in [6.45, 7) is 0.342. The molecule has 2 aromatic carbocycles. The van der Waals surface area contributed by atoms with Gasteiger partial charge >= 0.3 is 0 Å². The van der Waals surface area contributed by atoms with Crippen molar-refractivity contribution in [2.75, 3.05) is 38.5 Å². The highest BCUT2D eigenvalue weighted by molar-refractivity contribution is 6.09. The lowest BCUT2D eigenvalue weighted by atomic mass is 10.1. The highest BCUT2D eigenvalue weighted by atomic mass is 16.5. The van der Waals surface area contributed by atoms with Crippen LogP contribution in [0.3, 0.4) is 0 Å². The molecule has 0 bridgehead atoms. The van der Waals surface area contributed by atoms with Crippen LogP contribution in [0.5, 0.6) is 11.5 Å². The molecule has 0 unspecified atom stereocenters. The summed E-state index contributed by atoms with van der Waals surface area (Å²) in [5.74, 6) is 0.115. The molecule has 0 atom stereocenters. The largest absolute Gasteiger partial charge is 0.496 e. The topological polar surface area (TPSA) is 92.8 Å². The van der Waals surface area contributed by atoms with Gasteiger partial charge in [0.1, 0.15) is 17.1 Å². The molecule has 0 spiro atoms. The number of pyridine rings is 1. The smallest absolute Gasteiger partial charge is 0.263 e. The van der Waals surface area contributed by atoms with Gasteiger partial charge in [0.2, 0.25) is 0 Å². The van der Waals surface area contributed by atoms with Gasteiger partial charge in [-0.05, 0) is 42.0 Å². The van der Waals surface area contributed by atoms with Crippen LogP contribution in [0.1, 0.15) is 26.3 Å². The first-order chi connectivity index (χ1) is 15.4. The molecule has 3 rings (SSSR count). The van der Waals surface area contributed by atoms with Crippen LogP contribution in [0.2, 0.25) is 0 Å². The fourth-order valence-electron chi connectivity index (χ4n) is 3.23. The fourth-order valence-corrected chi connectivity index (χ4v) is 3.23. The Kier molecular flexibility index (Phi) is 7.28. The molecule has 0 aliphatic rings. The summed E-state index contributed by atoms with van der Waals surface area (Å²) in [5, 5.41) is 5.74. The molecule has 0 aliphatic heterocycles. The summed E-state index contributed by atoms with van der Waals surface area (Å²) in [7, 11) is 6.68. The van der Waals surface area contributed by atoms with Crippen molar-refractivity contribution < 1.29 is 19.1 Å². The minimum absolute atomic E-state index is 0.261. The lowest BCUT2D eigenvalue weighted by molar-refractivity contribution is 0.0949. The van der Waals surface area contributed by atoms with Crippen LogP contribution in [0.25, 0.3) is 0 Å². The number of methoxy groups -OCH3 is 2. The second-order valence-corrected chi connectivity index (χ2v) is 7.16. The third-order valence-corrected chi connectivity index (χ3v) is 4.81. The van der Waals surface area contributed by atoms with Gasteiger partial charge in [0.25, 0.3) is 11.8 Å². The van der Waals surface area contributed by atoms with E-state index in [0.717, 1.165) is 11.3 Å². The maximum Gasteiger partial charge on any atom is 0.263 e. The first-order valence-corrected chi connectivity index (χ1v) is 9.95. The molecule has 0 saturated heterocycles. The van der Waals surface area contributed by atoms with Gasteiger partial charge in [-0.1, -0.05) is 12.1 Å². The molecule has 0 radical (unpaired) electrons. The Morgan fingerprint density at radius 2 is 1.69 bits per heavy atom. The second kappa shape index (κ2) is 10.3. The first kappa shape index (κ1) is 22.6. The molecule has 0 saturated carbocycles. The van der Waals surface area contributed by atoms with Crippen molar-refractivity contribution in [3.8, 4) is 11.5 Å². The Labute approximate surface area is 187 Å². The molecule has 0 fully saturated rings. The molecule has 2 N–H and O–H groups in total. The average Bonchev–Trinajstić information content (AvgIpc) is 2.82. The van der Waals surface area contributed by atoms with Gasteiger partial charge in [-0.25, -0.2) is 0 Å². The molecule has 0 aliphatic carbocycles.